The minimum atomic E-state index is -0.811. The molecule has 0 rings (SSSR count). The quantitative estimate of drug-likeness (QED) is 0.0413. The number of allylic oxidation sites excluding steroid dienone is 7. The van der Waals surface area contributed by atoms with Gasteiger partial charge in [-0.1, -0.05) is 159 Å². The van der Waals surface area contributed by atoms with Crippen LogP contribution in [0.25, 0.3) is 0 Å². The van der Waals surface area contributed by atoms with E-state index in [1.165, 1.54) is 64.2 Å². The van der Waals surface area contributed by atoms with Gasteiger partial charge in [0.1, 0.15) is 6.61 Å². The van der Waals surface area contributed by atoms with E-state index in [0.29, 0.717) is 12.8 Å². The average Bonchev–Trinajstić information content (AvgIpc) is 3.05. The molecule has 2 N–H and O–H groups in total. The Kier molecular flexibility index (Phi) is 33.5. The third-order valence-electron chi connectivity index (χ3n) is 8.12. The van der Waals surface area contributed by atoms with Gasteiger partial charge in [-0.15, -0.1) is 0 Å². The van der Waals surface area contributed by atoms with Crippen molar-refractivity contribution in [3.8, 4) is 0 Å². The predicted octanol–water partition coefficient (Wildman–Crippen LogP) is 10.7. The van der Waals surface area contributed by atoms with E-state index in [1.807, 2.05) is 12.2 Å². The Morgan fingerprint density at radius 1 is 0.617 bits per heavy atom. The molecular weight excluding hydrogens is 588 g/mol. The zero-order chi connectivity index (χ0) is 34.6. The standard InChI is InChI=1S/C41H72O6/c1-4-5-31-38(43)32-27-23-19-15-11-7-9-13-17-21-25-29-34-41(45)47-39(35-42)36-46-40(44)33-28-24-20-16-12-8-6-10-14-18-22-26-30-37(2)3/h7,9,15,17,19,21,27,32,37-39,42-43H,4-6,8,10-14,16,18,20,22-26,28-31,33-36H2,1-3H3/b9-7-,19-15-,21-17-,32-27-/t38-,39+/m1/s1. The van der Waals surface area contributed by atoms with Crippen molar-refractivity contribution in [3.63, 3.8) is 0 Å². The lowest BCUT2D eigenvalue weighted by atomic mass is 10.0. The monoisotopic (exact) mass is 661 g/mol. The summed E-state index contributed by atoms with van der Waals surface area (Å²) in [7, 11) is 0. The Morgan fingerprint density at radius 3 is 1.68 bits per heavy atom. The van der Waals surface area contributed by atoms with E-state index < -0.39 is 6.10 Å². The highest BCUT2D eigenvalue weighted by Crippen LogP contribution is 2.15. The Morgan fingerprint density at radius 2 is 1.13 bits per heavy atom. The summed E-state index contributed by atoms with van der Waals surface area (Å²) in [5.74, 6) is 0.154. The van der Waals surface area contributed by atoms with E-state index in [0.717, 1.165) is 70.1 Å². The number of ether oxygens (including phenoxy) is 2. The maximum atomic E-state index is 12.1. The largest absolute Gasteiger partial charge is 0.462 e. The van der Waals surface area contributed by atoms with Gasteiger partial charge in [0.25, 0.3) is 0 Å². The first-order chi connectivity index (χ1) is 22.9. The summed E-state index contributed by atoms with van der Waals surface area (Å²) in [4.78, 5) is 24.2. The normalized spacial score (nSPS) is 13.5. The first kappa shape index (κ1) is 44.8. The van der Waals surface area contributed by atoms with E-state index in [1.54, 1.807) is 0 Å². The minimum absolute atomic E-state index is 0.0981. The lowest BCUT2D eigenvalue weighted by Gasteiger charge is -2.15. The number of hydrogen-bond acceptors (Lipinski definition) is 6. The number of carbonyl (C=O) groups excluding carboxylic acids is 2. The molecule has 0 radical (unpaired) electrons. The number of aliphatic hydroxyl groups excluding tert-OH is 2. The maximum Gasteiger partial charge on any atom is 0.306 e. The van der Waals surface area contributed by atoms with Crippen LogP contribution >= 0.6 is 0 Å². The van der Waals surface area contributed by atoms with E-state index in [2.05, 4.69) is 57.2 Å². The second-order valence-electron chi connectivity index (χ2n) is 13.3. The topological polar surface area (TPSA) is 93.1 Å². The van der Waals surface area contributed by atoms with Gasteiger partial charge in [0.15, 0.2) is 6.10 Å². The van der Waals surface area contributed by atoms with Crippen LogP contribution in [0.2, 0.25) is 0 Å². The molecule has 0 saturated carbocycles. The van der Waals surface area contributed by atoms with Crippen molar-refractivity contribution in [2.24, 2.45) is 5.92 Å². The van der Waals surface area contributed by atoms with Gasteiger partial charge in [-0.25, -0.2) is 0 Å². The van der Waals surface area contributed by atoms with Gasteiger partial charge in [-0.2, -0.15) is 0 Å². The van der Waals surface area contributed by atoms with Crippen LogP contribution in [0.1, 0.15) is 168 Å². The highest BCUT2D eigenvalue weighted by molar-refractivity contribution is 5.70. The number of aliphatic hydroxyl groups is 2. The Balaban J connectivity index is 3.70. The van der Waals surface area contributed by atoms with E-state index in [9.17, 15) is 19.8 Å². The second-order valence-corrected chi connectivity index (χ2v) is 13.3. The fraction of sp³-hybridized carbons (Fsp3) is 0.756. The van der Waals surface area contributed by atoms with Crippen LogP contribution in [0.15, 0.2) is 48.6 Å². The third-order valence-corrected chi connectivity index (χ3v) is 8.12. The predicted molar refractivity (Wildman–Crippen MR) is 197 cm³/mol. The molecular formula is C41H72O6. The summed E-state index contributed by atoms with van der Waals surface area (Å²) >= 11 is 0. The van der Waals surface area contributed by atoms with Gasteiger partial charge < -0.3 is 19.7 Å². The van der Waals surface area contributed by atoms with Gasteiger partial charge in [0, 0.05) is 12.8 Å². The molecule has 0 aliphatic rings. The number of hydrogen-bond donors (Lipinski definition) is 2. The molecule has 272 valence electrons. The van der Waals surface area contributed by atoms with Gasteiger partial charge in [-0.05, 0) is 50.9 Å². The molecule has 47 heavy (non-hydrogen) atoms. The van der Waals surface area contributed by atoms with Gasteiger partial charge in [0.2, 0.25) is 0 Å². The highest BCUT2D eigenvalue weighted by atomic mass is 16.6. The number of rotatable bonds is 33. The minimum Gasteiger partial charge on any atom is -0.462 e. The molecule has 0 aliphatic heterocycles. The molecule has 0 saturated heterocycles. The van der Waals surface area contributed by atoms with Gasteiger partial charge in [0.05, 0.1) is 12.7 Å². The van der Waals surface area contributed by atoms with E-state index in [-0.39, 0.29) is 37.7 Å². The Bertz CT molecular complexity index is 828. The van der Waals surface area contributed by atoms with Crippen molar-refractivity contribution in [1.29, 1.82) is 0 Å². The van der Waals surface area contributed by atoms with Crippen LogP contribution in [-0.4, -0.2) is 47.6 Å². The fourth-order valence-electron chi connectivity index (χ4n) is 5.16. The average molecular weight is 661 g/mol. The Hall–Kier alpha value is -2.18. The van der Waals surface area contributed by atoms with Gasteiger partial charge >= 0.3 is 11.9 Å². The molecule has 0 amide bonds. The fourth-order valence-corrected chi connectivity index (χ4v) is 5.16. The molecule has 0 fully saturated rings. The van der Waals surface area contributed by atoms with Crippen LogP contribution in [0.5, 0.6) is 0 Å². The Labute approximate surface area is 289 Å². The first-order valence-electron chi connectivity index (χ1n) is 19.1. The van der Waals surface area contributed by atoms with Crippen molar-refractivity contribution < 1.29 is 29.3 Å². The van der Waals surface area contributed by atoms with Crippen molar-refractivity contribution in [1.82, 2.24) is 0 Å². The smallest absolute Gasteiger partial charge is 0.306 e. The molecule has 0 bridgehead atoms. The summed E-state index contributed by atoms with van der Waals surface area (Å²) in [6, 6.07) is 0. The molecule has 0 unspecified atom stereocenters. The summed E-state index contributed by atoms with van der Waals surface area (Å²) in [5, 5.41) is 19.3. The summed E-state index contributed by atoms with van der Waals surface area (Å²) < 4.78 is 10.5. The van der Waals surface area contributed by atoms with Gasteiger partial charge in [-0.3, -0.25) is 9.59 Å². The SMILES string of the molecule is CCCC[C@@H](O)/C=C\C/C=C\C/C=C\C/C=C\CCCC(=O)O[C@@H](CO)COC(=O)CCCCCCCCCCCCCCC(C)C. The van der Waals surface area contributed by atoms with E-state index >= 15 is 0 Å². The molecule has 0 aromatic carbocycles. The van der Waals surface area contributed by atoms with Crippen LogP contribution in [0, 0.1) is 5.92 Å². The molecule has 6 nitrogen and oxygen atoms in total. The summed E-state index contributed by atoms with van der Waals surface area (Å²) in [5.41, 5.74) is 0. The molecule has 0 spiro atoms. The molecule has 6 heteroatoms. The van der Waals surface area contributed by atoms with Crippen LogP contribution in [0.3, 0.4) is 0 Å². The second kappa shape index (κ2) is 35.1. The lowest BCUT2D eigenvalue weighted by Crippen LogP contribution is -2.28. The lowest BCUT2D eigenvalue weighted by molar-refractivity contribution is -0.161. The van der Waals surface area contributed by atoms with Crippen LogP contribution in [-0.2, 0) is 19.1 Å². The molecule has 0 aromatic rings. The zero-order valence-corrected chi connectivity index (χ0v) is 30.6. The van der Waals surface area contributed by atoms with Crippen LogP contribution < -0.4 is 0 Å². The maximum absolute atomic E-state index is 12.1. The van der Waals surface area contributed by atoms with Crippen molar-refractivity contribution >= 4 is 11.9 Å². The number of unbranched alkanes of at least 4 members (excludes halogenated alkanes) is 13. The molecule has 0 heterocycles. The zero-order valence-electron chi connectivity index (χ0n) is 30.6. The number of esters is 2. The molecule has 0 aliphatic carbocycles. The summed E-state index contributed by atoms with van der Waals surface area (Å²) in [6.45, 7) is 6.27. The third kappa shape index (κ3) is 35.0. The van der Waals surface area contributed by atoms with E-state index in [4.69, 9.17) is 9.47 Å². The van der Waals surface area contributed by atoms with Crippen molar-refractivity contribution in [2.45, 2.75) is 181 Å². The number of carbonyl (C=O) groups is 2. The van der Waals surface area contributed by atoms with Crippen molar-refractivity contribution in [3.05, 3.63) is 48.6 Å². The molecule has 0 aromatic heterocycles. The first-order valence-corrected chi connectivity index (χ1v) is 19.1. The highest BCUT2D eigenvalue weighted by Gasteiger charge is 2.16. The van der Waals surface area contributed by atoms with Crippen LogP contribution in [0.4, 0.5) is 0 Å². The molecule has 2 atom stereocenters. The van der Waals surface area contributed by atoms with Crippen molar-refractivity contribution in [2.75, 3.05) is 13.2 Å². The summed E-state index contributed by atoms with van der Waals surface area (Å²) in [6.07, 6.45) is 39.4.